The number of aromatic nitrogens is 4. The van der Waals surface area contributed by atoms with Gasteiger partial charge < -0.3 is 37.9 Å². The Kier molecular flexibility index (Phi) is 23.6. The molecule has 4 aromatic heterocycles. The molecule has 686 valence electrons. The number of nitrogens with zero attached hydrogens (tertiary/aromatic N) is 8. The van der Waals surface area contributed by atoms with E-state index in [0.717, 1.165) is 39.8 Å². The lowest BCUT2D eigenvalue weighted by molar-refractivity contribution is 1.16. The zero-order valence-electron chi connectivity index (χ0n) is 80.5. The van der Waals surface area contributed by atoms with Crippen molar-refractivity contribution < 1.29 is 0 Å². The van der Waals surface area contributed by atoms with Crippen LogP contribution in [0, 0.1) is 0 Å². The minimum Gasteiger partial charge on any atom is -0.345 e. The fourth-order valence-corrected chi connectivity index (χ4v) is 21.0. The summed E-state index contributed by atoms with van der Waals surface area (Å²) in [5, 5.41) is 17.7. The van der Waals surface area contributed by atoms with Gasteiger partial charge in [0.05, 0.1) is 44.1 Å². The van der Waals surface area contributed by atoms with E-state index in [1.807, 2.05) is 0 Å². The zero-order valence-corrected chi connectivity index (χ0v) is 80.5. The molecule has 4 heterocycles. The molecule has 0 N–H and O–H groups in total. The molecule has 0 saturated heterocycles. The van der Waals surface area contributed by atoms with Crippen LogP contribution in [0.3, 0.4) is 0 Å². The summed E-state index contributed by atoms with van der Waals surface area (Å²) in [5.74, 6) is 0. The van der Waals surface area contributed by atoms with Crippen molar-refractivity contribution in [3.8, 4) is 67.3 Å². The van der Waals surface area contributed by atoms with Gasteiger partial charge in [0, 0.05) is 140 Å². The first kappa shape index (κ1) is 88.0. The van der Waals surface area contributed by atoms with Crippen LogP contribution in [0.5, 0.6) is 0 Å². The second kappa shape index (κ2) is 38.6. The van der Waals surface area contributed by atoms with Crippen molar-refractivity contribution in [1.29, 1.82) is 0 Å². The molecule has 23 aromatic carbocycles. The molecule has 0 atom stereocenters. The highest BCUT2D eigenvalue weighted by atomic mass is 15.1. The number of rotatable bonds is 16. The maximum Gasteiger partial charge on any atom is 0.0561 e. The van der Waals surface area contributed by atoms with E-state index in [-0.39, 0.29) is 0 Å². The fraction of sp³-hybridized carbons (Fsp3) is 0.0294. The van der Waals surface area contributed by atoms with Gasteiger partial charge in [-0.1, -0.05) is 370 Å². The first-order valence-electron chi connectivity index (χ1n) is 49.3. The van der Waals surface area contributed by atoms with E-state index in [2.05, 4.69) is 612 Å². The summed E-state index contributed by atoms with van der Waals surface area (Å²) in [7, 11) is 8.53. The largest absolute Gasteiger partial charge is 0.345 e. The van der Waals surface area contributed by atoms with Crippen molar-refractivity contribution in [3.63, 3.8) is 0 Å². The van der Waals surface area contributed by atoms with Gasteiger partial charge in [0.25, 0.3) is 0 Å². The van der Waals surface area contributed by atoms with Crippen LogP contribution in [0.15, 0.2) is 546 Å². The maximum atomic E-state index is 2.40. The van der Waals surface area contributed by atoms with Gasteiger partial charge in [-0.3, -0.25) is 0 Å². The quantitative estimate of drug-likeness (QED) is 0.0965. The summed E-state index contributed by atoms with van der Waals surface area (Å²) in [6, 6.07) is 196. The Morgan fingerprint density at radius 3 is 0.708 bits per heavy atom. The average Bonchev–Trinajstić information content (AvgIpc) is 1.59. The average molecular weight is 1850 g/mol. The van der Waals surface area contributed by atoms with Gasteiger partial charge in [-0.2, -0.15) is 0 Å². The molecule has 27 aromatic rings. The molecule has 0 aliphatic carbocycles. The van der Waals surface area contributed by atoms with Gasteiger partial charge in [-0.05, 0) is 253 Å². The van der Waals surface area contributed by atoms with Crippen molar-refractivity contribution >= 4 is 165 Å². The number of fused-ring (bicyclic) bond motifs is 15. The highest BCUT2D eigenvalue weighted by Gasteiger charge is 2.22. The summed E-state index contributed by atoms with van der Waals surface area (Å²) in [5.41, 5.74) is 33.6. The lowest BCUT2D eigenvalue weighted by Crippen LogP contribution is -2.09. The van der Waals surface area contributed by atoms with E-state index in [1.165, 1.54) is 192 Å². The number of hydrogen-bond donors (Lipinski definition) is 0. The Balaban J connectivity index is 0.000000104. The van der Waals surface area contributed by atoms with Crippen LogP contribution < -0.4 is 19.6 Å². The van der Waals surface area contributed by atoms with Gasteiger partial charge in [0.1, 0.15) is 0 Å². The Bertz CT molecular complexity index is 9290. The van der Waals surface area contributed by atoms with E-state index in [4.69, 9.17) is 0 Å². The van der Waals surface area contributed by atoms with Crippen molar-refractivity contribution in [2.45, 2.75) is 0 Å². The standard InChI is InChI=1S/C37H28N2.2C35H26N2.C29H22N2/c1-38(31-20-16-29(17-21-31)27-10-4-2-5-11-27)33-24-25-35-34-14-8-9-15-36(34)39(37(35)26-33)32-22-18-30(19-23-32)28-12-6-3-7-13-28;1-36(27-19-17-26(18-20-27)31-14-8-10-25-9-2-3-11-30(25)31)28-21-23-29(24-22-28)37-34-15-6-4-12-32(34)33-13-5-7-16-35(33)37;1-36(29-18-15-27(16-19-29)25-9-3-2-4-10-25)30-21-22-33-32-13-7-8-14-34(32)37(35(33)24-30)31-20-17-26-11-5-6-12-28(26)23-31;1-30(23-11-3-2-4-12-23)24-17-18-27-26-13-7-8-14-28(26)31(29(27)20-24)25-16-15-21-9-5-6-10-22(21)19-25/h2-26H,1H3;2*2-24H,1H3;2-20H,1H3. The Hall–Kier alpha value is -18.8. The van der Waals surface area contributed by atoms with Gasteiger partial charge in [0.15, 0.2) is 0 Å². The summed E-state index contributed by atoms with van der Waals surface area (Å²) >= 11 is 0. The van der Waals surface area contributed by atoms with Crippen molar-refractivity contribution in [1.82, 2.24) is 18.3 Å². The first-order chi connectivity index (χ1) is 71.1. The third-order valence-electron chi connectivity index (χ3n) is 28.6. The molecule has 8 nitrogen and oxygen atoms in total. The molecular weight excluding hydrogens is 1750 g/mol. The molecule has 0 saturated carbocycles. The summed E-state index contributed by atoms with van der Waals surface area (Å²) in [6.07, 6.45) is 0. The van der Waals surface area contributed by atoms with Crippen LogP contribution in [-0.2, 0) is 0 Å². The van der Waals surface area contributed by atoms with Crippen LogP contribution >= 0.6 is 0 Å². The normalized spacial score (nSPS) is 11.3. The molecule has 144 heavy (non-hydrogen) atoms. The van der Waals surface area contributed by atoms with Crippen molar-refractivity contribution in [3.05, 3.63) is 546 Å². The first-order valence-corrected chi connectivity index (χ1v) is 49.3. The van der Waals surface area contributed by atoms with E-state index in [0.29, 0.717) is 0 Å². The Morgan fingerprint density at radius 2 is 0.347 bits per heavy atom. The number of hydrogen-bond acceptors (Lipinski definition) is 4. The highest BCUT2D eigenvalue weighted by molar-refractivity contribution is 6.14. The van der Waals surface area contributed by atoms with Gasteiger partial charge in [-0.25, -0.2) is 0 Å². The Morgan fingerprint density at radius 1 is 0.125 bits per heavy atom. The maximum absolute atomic E-state index is 2.40. The smallest absolute Gasteiger partial charge is 0.0561 e. The molecule has 0 bridgehead atoms. The van der Waals surface area contributed by atoms with Crippen LogP contribution in [0.4, 0.5) is 45.5 Å². The molecule has 0 spiro atoms. The zero-order chi connectivity index (χ0) is 96.5. The minimum absolute atomic E-state index is 1.15. The molecule has 0 amide bonds. The van der Waals surface area contributed by atoms with E-state index in [1.54, 1.807) is 0 Å². The van der Waals surface area contributed by atoms with Crippen molar-refractivity contribution in [2.24, 2.45) is 0 Å². The van der Waals surface area contributed by atoms with Gasteiger partial charge in [0.2, 0.25) is 0 Å². The lowest BCUT2D eigenvalue weighted by Gasteiger charge is -2.21. The topological polar surface area (TPSA) is 32.7 Å². The highest BCUT2D eigenvalue weighted by Crippen LogP contribution is 2.44. The third kappa shape index (κ3) is 16.9. The monoisotopic (exact) mass is 1850 g/mol. The van der Waals surface area contributed by atoms with Gasteiger partial charge in [-0.15, -0.1) is 0 Å². The second-order valence-electron chi connectivity index (χ2n) is 37.0. The molecule has 0 radical (unpaired) electrons. The van der Waals surface area contributed by atoms with Gasteiger partial charge >= 0.3 is 0 Å². The summed E-state index contributed by atoms with van der Waals surface area (Å²) < 4.78 is 9.52. The number of benzene rings is 23. The number of anilines is 8. The van der Waals surface area contributed by atoms with Crippen LogP contribution in [-0.4, -0.2) is 46.5 Å². The SMILES string of the molecule is CN(c1ccc(-c2cccc3ccccc23)cc1)c1ccc(-n2c3ccccc3c3ccccc32)cc1.CN(c1ccc(-c2ccccc2)cc1)c1ccc2c3ccccc3n(-c3ccc(-c4ccccc4)cc3)c2c1.CN(c1ccc(-c2ccccc2)cc1)c1ccc2c3ccccc3n(-c3ccc4ccccc4c3)c2c1.CN(c1ccccc1)c1ccc2c3ccccc3n(-c3ccc4ccccc4c3)c2c1. The minimum atomic E-state index is 1.15. The van der Waals surface area contributed by atoms with E-state index >= 15 is 0 Å². The van der Waals surface area contributed by atoms with E-state index in [9.17, 15) is 0 Å². The fourth-order valence-electron chi connectivity index (χ4n) is 21.0. The second-order valence-corrected chi connectivity index (χ2v) is 37.0. The summed E-state index contributed by atoms with van der Waals surface area (Å²) in [6.45, 7) is 0. The van der Waals surface area contributed by atoms with Crippen molar-refractivity contribution in [2.75, 3.05) is 47.8 Å². The Labute approximate surface area is 838 Å². The number of para-hydroxylation sites is 6. The van der Waals surface area contributed by atoms with Crippen LogP contribution in [0.1, 0.15) is 0 Å². The predicted molar refractivity (Wildman–Crippen MR) is 615 cm³/mol. The van der Waals surface area contributed by atoms with Crippen LogP contribution in [0.25, 0.3) is 187 Å². The molecule has 8 heteroatoms. The summed E-state index contributed by atoms with van der Waals surface area (Å²) in [4.78, 5) is 9.00. The molecule has 0 aliphatic rings. The predicted octanol–water partition coefficient (Wildman–Crippen LogP) is 36.3. The van der Waals surface area contributed by atoms with Crippen LogP contribution in [0.2, 0.25) is 0 Å². The molecule has 0 fully saturated rings. The lowest BCUT2D eigenvalue weighted by atomic mass is 9.98. The third-order valence-corrected chi connectivity index (χ3v) is 28.6. The molecule has 27 rings (SSSR count). The molecule has 0 unspecified atom stereocenters. The molecule has 0 aliphatic heterocycles. The molecular formula is C136H102N8. The van der Waals surface area contributed by atoms with E-state index < -0.39 is 0 Å².